The average Bonchev–Trinajstić information content (AvgIpc) is 3.41. The topological polar surface area (TPSA) is 237 Å². The number of aliphatic hydroxyl groups is 1. The van der Waals surface area contributed by atoms with E-state index in [0.717, 1.165) is 109 Å². The minimum Gasteiger partial charge on any atom is -0.462 e. The van der Waals surface area contributed by atoms with Crippen LogP contribution in [0.1, 0.15) is 298 Å². The van der Waals surface area contributed by atoms with Crippen LogP contribution in [-0.2, 0) is 65.4 Å². The second kappa shape index (κ2) is 54.0. The van der Waals surface area contributed by atoms with Crippen LogP contribution in [0.5, 0.6) is 0 Å². The fourth-order valence-electron chi connectivity index (χ4n) is 8.88. The Kier molecular flexibility index (Phi) is 52.7. The third-order valence-corrected chi connectivity index (χ3v) is 15.7. The zero-order valence-electron chi connectivity index (χ0n) is 50.5. The number of rotatable bonds is 60. The highest BCUT2D eigenvalue weighted by molar-refractivity contribution is 7.47. The van der Waals surface area contributed by atoms with Gasteiger partial charge in [0.1, 0.15) is 19.3 Å². The van der Waals surface area contributed by atoms with Crippen molar-refractivity contribution >= 4 is 39.5 Å². The maximum atomic E-state index is 12.9. The molecule has 0 saturated carbocycles. The number of aliphatic hydroxyl groups excluding tert-OH is 1. The summed E-state index contributed by atoms with van der Waals surface area (Å²) in [4.78, 5) is 71.9. The molecule has 0 aromatic carbocycles. The first-order chi connectivity index (χ1) is 38.0. The van der Waals surface area contributed by atoms with Gasteiger partial charge in [0.2, 0.25) is 0 Å². The van der Waals surface area contributed by atoms with Crippen molar-refractivity contribution in [2.75, 3.05) is 39.6 Å². The van der Waals surface area contributed by atoms with Crippen molar-refractivity contribution in [2.45, 2.75) is 316 Å². The first-order valence-corrected chi connectivity index (χ1v) is 34.6. The molecule has 19 heteroatoms. The highest BCUT2D eigenvalue weighted by Crippen LogP contribution is 2.45. The molecule has 468 valence electrons. The van der Waals surface area contributed by atoms with Crippen LogP contribution in [0.2, 0.25) is 0 Å². The van der Waals surface area contributed by atoms with E-state index in [0.29, 0.717) is 25.7 Å². The van der Waals surface area contributed by atoms with Gasteiger partial charge < -0.3 is 33.8 Å². The van der Waals surface area contributed by atoms with Crippen molar-refractivity contribution in [3.05, 3.63) is 0 Å². The molecule has 0 fully saturated rings. The molecule has 79 heavy (non-hydrogen) atoms. The van der Waals surface area contributed by atoms with Gasteiger partial charge in [0, 0.05) is 25.7 Å². The fourth-order valence-corrected chi connectivity index (χ4v) is 10.5. The van der Waals surface area contributed by atoms with Gasteiger partial charge in [0.25, 0.3) is 0 Å². The predicted octanol–water partition coefficient (Wildman–Crippen LogP) is 16.2. The molecule has 2 unspecified atom stereocenters. The van der Waals surface area contributed by atoms with E-state index >= 15 is 0 Å². The van der Waals surface area contributed by atoms with Crippen LogP contribution < -0.4 is 0 Å². The Labute approximate surface area is 479 Å². The van der Waals surface area contributed by atoms with E-state index < -0.39 is 97.5 Å². The lowest BCUT2D eigenvalue weighted by atomic mass is 10.0. The van der Waals surface area contributed by atoms with Gasteiger partial charge in [-0.15, -0.1) is 0 Å². The molecule has 0 aliphatic carbocycles. The molecule has 0 spiro atoms. The first-order valence-electron chi connectivity index (χ1n) is 31.6. The van der Waals surface area contributed by atoms with Crippen molar-refractivity contribution in [1.29, 1.82) is 0 Å². The number of hydrogen-bond acceptors (Lipinski definition) is 15. The fraction of sp³-hybridized carbons (Fsp3) is 0.933. The van der Waals surface area contributed by atoms with E-state index in [1.165, 1.54) is 109 Å². The molecule has 0 amide bonds. The smallest absolute Gasteiger partial charge is 0.462 e. The first kappa shape index (κ1) is 77.1. The Hall–Kier alpha value is -1.94. The maximum absolute atomic E-state index is 12.9. The molecular formula is C60H116O17P2. The summed E-state index contributed by atoms with van der Waals surface area (Å²) in [6.07, 6.45) is 36.2. The summed E-state index contributed by atoms with van der Waals surface area (Å²) in [6, 6.07) is 0. The molecule has 0 bridgehead atoms. The lowest BCUT2D eigenvalue weighted by Gasteiger charge is -2.21. The van der Waals surface area contributed by atoms with Crippen LogP contribution in [0.4, 0.5) is 0 Å². The molecule has 17 nitrogen and oxygen atoms in total. The molecule has 0 heterocycles. The van der Waals surface area contributed by atoms with Gasteiger partial charge in [-0.2, -0.15) is 0 Å². The Morgan fingerprint density at radius 3 is 0.861 bits per heavy atom. The van der Waals surface area contributed by atoms with Crippen LogP contribution in [0.15, 0.2) is 0 Å². The van der Waals surface area contributed by atoms with Gasteiger partial charge in [-0.25, -0.2) is 9.13 Å². The van der Waals surface area contributed by atoms with Crippen molar-refractivity contribution < 1.29 is 80.2 Å². The number of phosphoric ester groups is 2. The molecular weight excluding hydrogens is 1050 g/mol. The van der Waals surface area contributed by atoms with Crippen molar-refractivity contribution in [1.82, 2.24) is 0 Å². The third-order valence-electron chi connectivity index (χ3n) is 13.8. The van der Waals surface area contributed by atoms with Gasteiger partial charge in [-0.3, -0.25) is 37.3 Å². The predicted molar refractivity (Wildman–Crippen MR) is 312 cm³/mol. The summed E-state index contributed by atoms with van der Waals surface area (Å²) in [7, 11) is -9.87. The van der Waals surface area contributed by atoms with Gasteiger partial charge in [-0.05, 0) is 31.6 Å². The molecule has 0 aliphatic rings. The third kappa shape index (κ3) is 55.0. The number of unbranched alkanes of at least 4 members (excludes halogenated alkanes) is 32. The van der Waals surface area contributed by atoms with Gasteiger partial charge in [-0.1, -0.05) is 247 Å². The summed E-state index contributed by atoms with van der Waals surface area (Å²) in [5, 5.41) is 10.5. The van der Waals surface area contributed by atoms with Gasteiger partial charge in [0.05, 0.1) is 26.4 Å². The van der Waals surface area contributed by atoms with E-state index in [1.807, 2.05) is 0 Å². The van der Waals surface area contributed by atoms with Crippen LogP contribution in [0, 0.1) is 5.92 Å². The Balaban J connectivity index is 5.21. The Morgan fingerprint density at radius 2 is 0.582 bits per heavy atom. The van der Waals surface area contributed by atoms with E-state index in [1.54, 1.807) is 0 Å². The zero-order chi connectivity index (χ0) is 58.5. The van der Waals surface area contributed by atoms with Crippen LogP contribution in [-0.4, -0.2) is 96.7 Å². The number of carbonyl (C=O) groups is 4. The van der Waals surface area contributed by atoms with Crippen LogP contribution in [0.25, 0.3) is 0 Å². The lowest BCUT2D eigenvalue weighted by molar-refractivity contribution is -0.161. The highest BCUT2D eigenvalue weighted by atomic mass is 31.2. The molecule has 0 aromatic heterocycles. The van der Waals surface area contributed by atoms with Crippen LogP contribution in [0.3, 0.4) is 0 Å². The number of esters is 4. The summed E-state index contributed by atoms with van der Waals surface area (Å²) >= 11 is 0. The quantitative estimate of drug-likeness (QED) is 0.0222. The number of hydrogen-bond donors (Lipinski definition) is 3. The maximum Gasteiger partial charge on any atom is 0.472 e. The second-order valence-corrected chi connectivity index (χ2v) is 25.1. The molecule has 5 atom stereocenters. The second-order valence-electron chi connectivity index (χ2n) is 22.2. The number of ether oxygens (including phenoxy) is 4. The summed E-state index contributed by atoms with van der Waals surface area (Å²) < 4.78 is 67.7. The molecule has 0 saturated heterocycles. The van der Waals surface area contributed by atoms with E-state index in [9.17, 15) is 43.2 Å². The van der Waals surface area contributed by atoms with Gasteiger partial charge >= 0.3 is 39.5 Å². The minimum atomic E-state index is -4.94. The van der Waals surface area contributed by atoms with Crippen molar-refractivity contribution in [3.8, 4) is 0 Å². The monoisotopic (exact) mass is 1170 g/mol. The average molecular weight is 1170 g/mol. The minimum absolute atomic E-state index is 0.105. The van der Waals surface area contributed by atoms with Gasteiger partial charge in [0.15, 0.2) is 12.2 Å². The number of carbonyl (C=O) groups excluding carboxylic acids is 4. The zero-order valence-corrected chi connectivity index (χ0v) is 52.3. The van der Waals surface area contributed by atoms with Crippen LogP contribution >= 0.6 is 15.6 Å². The summed E-state index contributed by atoms with van der Waals surface area (Å²) in [5.41, 5.74) is 0. The Bertz CT molecular complexity index is 1550. The Morgan fingerprint density at radius 1 is 0.342 bits per heavy atom. The molecule has 0 rings (SSSR count). The highest BCUT2D eigenvalue weighted by Gasteiger charge is 2.30. The normalized spacial score (nSPS) is 14.3. The van der Waals surface area contributed by atoms with Crippen molar-refractivity contribution in [2.24, 2.45) is 5.92 Å². The van der Waals surface area contributed by atoms with E-state index in [2.05, 4.69) is 34.6 Å². The van der Waals surface area contributed by atoms with Crippen molar-refractivity contribution in [3.63, 3.8) is 0 Å². The number of phosphoric acid groups is 2. The van der Waals surface area contributed by atoms with E-state index in [4.69, 9.17) is 37.0 Å². The van der Waals surface area contributed by atoms with E-state index in [-0.39, 0.29) is 25.7 Å². The molecule has 3 N–H and O–H groups in total. The molecule has 0 aromatic rings. The largest absolute Gasteiger partial charge is 0.472 e. The molecule has 0 radical (unpaired) electrons. The lowest BCUT2D eigenvalue weighted by Crippen LogP contribution is -2.30. The standard InChI is InChI=1S/C60H116O17P2/c1-6-9-12-15-18-20-24-29-34-39-44-58(63)71-50-56(77-60(65)46-41-36-31-26-22-23-28-32-37-42-53(4)5)52-75-79(68,69)73-48-54(61)47-72-78(66,67)74-51-55(49-70-57(62)43-38-33-27-17-14-11-8-3)76-59(64)45-40-35-30-25-21-19-16-13-10-7-2/h53-56,61H,6-52H2,1-5H3,(H,66,67)(H,68,69)/t54-,55+,56+/m0/s1. The molecule has 0 aliphatic heterocycles. The SMILES string of the molecule is CCCCCCCCCCCCC(=O)OC[C@H](COP(=O)(O)OC[C@@H](O)COP(=O)(O)OC[C@@H](COC(=O)CCCCCCCCC)OC(=O)CCCCCCCCCCCC)OC(=O)CCCCCCCCCCCC(C)C. The summed E-state index contributed by atoms with van der Waals surface area (Å²) in [5.74, 6) is -1.41. The summed E-state index contributed by atoms with van der Waals surface area (Å²) in [6.45, 7) is 7.08.